The number of aliphatic hydroxyl groups is 1. The van der Waals surface area contributed by atoms with Gasteiger partial charge >= 0.3 is 0 Å². The number of guanidine groups is 1. The van der Waals surface area contributed by atoms with E-state index in [9.17, 15) is 14.7 Å². The first-order valence-electron chi connectivity index (χ1n) is 10.7. The summed E-state index contributed by atoms with van der Waals surface area (Å²) in [7, 11) is 0. The minimum absolute atomic E-state index is 0.224. The van der Waals surface area contributed by atoms with Crippen molar-refractivity contribution >= 4 is 29.1 Å². The molecule has 2 unspecified atom stereocenters. The normalized spacial score (nSPS) is 19.6. The van der Waals surface area contributed by atoms with E-state index in [0.29, 0.717) is 24.7 Å². The Morgan fingerprint density at radius 3 is 2.94 bits per heavy atom. The van der Waals surface area contributed by atoms with Gasteiger partial charge in [-0.1, -0.05) is 18.2 Å². The highest BCUT2D eigenvalue weighted by atomic mass is 16.5. The van der Waals surface area contributed by atoms with Gasteiger partial charge in [-0.25, -0.2) is 4.99 Å². The molecule has 32 heavy (non-hydrogen) atoms. The maximum Gasteiger partial charge on any atom is 0.251 e. The average molecular weight is 435 g/mol. The Morgan fingerprint density at radius 2 is 2.12 bits per heavy atom. The van der Waals surface area contributed by atoms with Crippen LogP contribution in [0.3, 0.4) is 0 Å². The van der Waals surface area contributed by atoms with Gasteiger partial charge < -0.3 is 25.4 Å². The molecule has 1 fully saturated rings. The molecule has 166 valence electrons. The minimum Gasteiger partial charge on any atom is -0.471 e. The number of aliphatic hydroxyl groups excluding tert-OH is 1. The number of primary amides is 1. The fourth-order valence-corrected chi connectivity index (χ4v) is 4.55. The number of hydrogen-bond acceptors (Lipinski definition) is 7. The van der Waals surface area contributed by atoms with Crippen molar-refractivity contribution in [2.75, 3.05) is 18.1 Å². The van der Waals surface area contributed by atoms with Crippen molar-refractivity contribution in [2.24, 2.45) is 10.7 Å². The maximum atomic E-state index is 12.0. The summed E-state index contributed by atoms with van der Waals surface area (Å²) in [4.78, 5) is 32.0. The average Bonchev–Trinajstić information content (AvgIpc) is 3.34. The molecule has 0 aromatic heterocycles. The van der Waals surface area contributed by atoms with E-state index >= 15 is 0 Å². The fraction of sp³-hybridized carbons (Fsp3) is 0.348. The van der Waals surface area contributed by atoms with Crippen LogP contribution >= 0.6 is 0 Å². The summed E-state index contributed by atoms with van der Waals surface area (Å²) in [5, 5.41) is 12.3. The highest BCUT2D eigenvalue weighted by Crippen LogP contribution is 2.35. The highest BCUT2D eigenvalue weighted by Gasteiger charge is 2.38. The van der Waals surface area contributed by atoms with Crippen LogP contribution < -0.4 is 20.7 Å². The van der Waals surface area contributed by atoms with Gasteiger partial charge in [0.25, 0.3) is 5.91 Å². The Kier molecular flexibility index (Phi) is 5.18. The number of hydrogen-bond donors (Lipinski definition) is 3. The van der Waals surface area contributed by atoms with E-state index in [1.165, 1.54) is 5.56 Å². The zero-order valence-electron chi connectivity index (χ0n) is 17.5. The van der Waals surface area contributed by atoms with Gasteiger partial charge in [0.1, 0.15) is 11.8 Å². The summed E-state index contributed by atoms with van der Waals surface area (Å²) in [5.41, 5.74) is 9.44. The molecule has 2 amide bonds. The lowest BCUT2D eigenvalue weighted by atomic mass is 10.1. The van der Waals surface area contributed by atoms with Crippen molar-refractivity contribution in [3.63, 3.8) is 0 Å². The third kappa shape index (κ3) is 3.64. The number of nitrogens with two attached hydrogens (primary N) is 1. The number of rotatable bonds is 7. The summed E-state index contributed by atoms with van der Waals surface area (Å²) in [5.74, 6) is 0.498. The highest BCUT2D eigenvalue weighted by molar-refractivity contribution is 6.07. The second-order valence-electron chi connectivity index (χ2n) is 8.19. The quantitative estimate of drug-likeness (QED) is 0.597. The number of benzene rings is 2. The molecule has 9 heteroatoms. The number of aliphatic imine (C=N–C) groups is 1. The zero-order valence-corrected chi connectivity index (χ0v) is 17.5. The monoisotopic (exact) mass is 435 g/mol. The van der Waals surface area contributed by atoms with Crippen LogP contribution in [0.1, 0.15) is 24.0 Å². The SMILES string of the molecule is NC(=O)CCC(Oc1ccc2c(c1)CN1C(=N2)NC(=O)C1CO)N1CCc2ccccc21. The molecule has 1 saturated heterocycles. The maximum absolute atomic E-state index is 12.0. The number of nitrogens with zero attached hydrogens (tertiary/aromatic N) is 3. The van der Waals surface area contributed by atoms with Gasteiger partial charge in [0.15, 0.2) is 6.23 Å². The molecular formula is C23H25N5O4. The topological polar surface area (TPSA) is 120 Å². The van der Waals surface area contributed by atoms with Gasteiger partial charge in [-0.2, -0.15) is 0 Å². The number of fused-ring (bicyclic) bond motifs is 3. The predicted octanol–water partition coefficient (Wildman–Crippen LogP) is 1.01. The minimum atomic E-state index is -0.643. The van der Waals surface area contributed by atoms with Crippen molar-refractivity contribution in [3.8, 4) is 5.75 Å². The molecule has 5 rings (SSSR count). The lowest BCUT2D eigenvalue weighted by molar-refractivity contribution is -0.122. The number of anilines is 1. The van der Waals surface area contributed by atoms with E-state index in [-0.39, 0.29) is 31.1 Å². The van der Waals surface area contributed by atoms with E-state index in [4.69, 9.17) is 10.5 Å². The molecule has 0 aliphatic carbocycles. The number of nitrogens with one attached hydrogen (secondary N) is 1. The molecule has 9 nitrogen and oxygen atoms in total. The molecule has 3 aliphatic rings. The van der Waals surface area contributed by atoms with Crippen LogP contribution in [-0.4, -0.2) is 53.2 Å². The largest absolute Gasteiger partial charge is 0.471 e. The van der Waals surface area contributed by atoms with Crippen LogP contribution in [0.25, 0.3) is 0 Å². The summed E-state index contributed by atoms with van der Waals surface area (Å²) >= 11 is 0. The summed E-state index contributed by atoms with van der Waals surface area (Å²) in [6.07, 6.45) is 1.28. The first-order chi connectivity index (χ1) is 15.5. The van der Waals surface area contributed by atoms with Crippen LogP contribution in [0.15, 0.2) is 47.5 Å². The van der Waals surface area contributed by atoms with Gasteiger partial charge in [0, 0.05) is 37.2 Å². The first kappa shape index (κ1) is 20.3. The third-order valence-corrected chi connectivity index (χ3v) is 6.16. The van der Waals surface area contributed by atoms with Gasteiger partial charge in [0.05, 0.1) is 12.3 Å². The Morgan fingerprint density at radius 1 is 1.28 bits per heavy atom. The Hall–Kier alpha value is -3.59. The van der Waals surface area contributed by atoms with E-state index in [0.717, 1.165) is 29.9 Å². The number of para-hydroxylation sites is 1. The molecule has 2 aromatic rings. The molecule has 3 aliphatic heterocycles. The van der Waals surface area contributed by atoms with Crippen LogP contribution in [-0.2, 0) is 22.6 Å². The second-order valence-corrected chi connectivity index (χ2v) is 8.19. The smallest absolute Gasteiger partial charge is 0.251 e. The Bertz CT molecular complexity index is 1100. The lowest BCUT2D eigenvalue weighted by Gasteiger charge is -2.31. The van der Waals surface area contributed by atoms with Crippen LogP contribution in [0.4, 0.5) is 11.4 Å². The molecule has 4 N–H and O–H groups in total. The van der Waals surface area contributed by atoms with E-state index in [2.05, 4.69) is 27.3 Å². The number of ether oxygens (including phenoxy) is 1. The van der Waals surface area contributed by atoms with Gasteiger partial charge in [-0.05, 0) is 36.2 Å². The molecule has 3 heterocycles. The van der Waals surface area contributed by atoms with Crippen molar-refractivity contribution in [3.05, 3.63) is 53.6 Å². The van der Waals surface area contributed by atoms with E-state index in [1.54, 1.807) is 4.90 Å². The molecule has 2 aromatic carbocycles. The standard InChI is InChI=1S/C23H25N5O4/c24-20(30)7-8-21(27-10-9-14-3-1-2-4-18(14)27)32-16-5-6-17-15(11-16)12-28-19(13-29)22(31)26-23(28)25-17/h1-6,11,19,21,29H,7-10,12-13H2,(H2,24,30)(H,25,26,31). The summed E-state index contributed by atoms with van der Waals surface area (Å²) in [6, 6.07) is 13.2. The van der Waals surface area contributed by atoms with Crippen molar-refractivity contribution in [1.29, 1.82) is 0 Å². The first-order valence-corrected chi connectivity index (χ1v) is 10.7. The predicted molar refractivity (Wildman–Crippen MR) is 118 cm³/mol. The van der Waals surface area contributed by atoms with E-state index < -0.39 is 6.04 Å². The van der Waals surface area contributed by atoms with Gasteiger partial charge in [0.2, 0.25) is 11.9 Å². The molecule has 0 radical (unpaired) electrons. The molecule has 0 saturated carbocycles. The van der Waals surface area contributed by atoms with Gasteiger partial charge in [-0.3, -0.25) is 14.9 Å². The Balaban J connectivity index is 1.39. The Labute approximate surface area is 185 Å². The van der Waals surface area contributed by atoms with Crippen molar-refractivity contribution < 1.29 is 19.4 Å². The van der Waals surface area contributed by atoms with Crippen molar-refractivity contribution in [2.45, 2.75) is 38.1 Å². The molecule has 2 atom stereocenters. The van der Waals surface area contributed by atoms with E-state index in [1.807, 2.05) is 30.3 Å². The van der Waals surface area contributed by atoms with Crippen LogP contribution in [0, 0.1) is 0 Å². The van der Waals surface area contributed by atoms with Crippen molar-refractivity contribution in [1.82, 2.24) is 10.2 Å². The zero-order chi connectivity index (χ0) is 22.2. The number of carbonyl (C=O) groups is 2. The molecular weight excluding hydrogens is 410 g/mol. The number of amides is 2. The second kappa shape index (κ2) is 8.16. The third-order valence-electron chi connectivity index (χ3n) is 6.16. The molecule has 0 bridgehead atoms. The summed E-state index contributed by atoms with van der Waals surface area (Å²) < 4.78 is 6.38. The summed E-state index contributed by atoms with van der Waals surface area (Å²) in [6.45, 7) is 0.967. The van der Waals surface area contributed by atoms with Gasteiger partial charge in [-0.15, -0.1) is 0 Å². The molecule has 0 spiro atoms. The number of carbonyl (C=O) groups excluding carboxylic acids is 2. The lowest BCUT2D eigenvalue weighted by Crippen LogP contribution is -2.40. The fourth-order valence-electron chi connectivity index (χ4n) is 4.55. The van der Waals surface area contributed by atoms with Crippen LogP contribution in [0.5, 0.6) is 5.75 Å². The van der Waals surface area contributed by atoms with Crippen LogP contribution in [0.2, 0.25) is 0 Å².